The van der Waals surface area contributed by atoms with E-state index in [2.05, 4.69) is 15.6 Å². The van der Waals surface area contributed by atoms with E-state index in [-0.39, 0.29) is 23.7 Å². The van der Waals surface area contributed by atoms with Gasteiger partial charge >= 0.3 is 0 Å². The molecule has 1 N–H and O–H groups in total. The first-order chi connectivity index (χ1) is 12.0. The van der Waals surface area contributed by atoms with Gasteiger partial charge in [-0.1, -0.05) is 37.2 Å². The molecule has 0 radical (unpaired) electrons. The third-order valence-corrected chi connectivity index (χ3v) is 3.63. The van der Waals surface area contributed by atoms with Crippen molar-refractivity contribution in [3.63, 3.8) is 0 Å². The third-order valence-electron chi connectivity index (χ3n) is 3.63. The molecule has 2 aromatic heterocycles. The van der Waals surface area contributed by atoms with E-state index in [9.17, 15) is 9.59 Å². The maximum Gasteiger partial charge on any atom is 0.272 e. The van der Waals surface area contributed by atoms with Crippen molar-refractivity contribution < 1.29 is 9.32 Å². The first-order valence-electron chi connectivity index (χ1n) is 7.94. The lowest BCUT2D eigenvalue weighted by molar-refractivity contribution is 0.0940. The number of hydrogen-bond donors (Lipinski definition) is 1. The molecular weight excluding hydrogens is 320 g/mol. The van der Waals surface area contributed by atoms with Crippen LogP contribution in [0.2, 0.25) is 0 Å². The SMILES string of the molecule is CC(C)c1cc(CNC(=O)c2ccc(=O)n(-c3ccccc3)n2)on1. The van der Waals surface area contributed by atoms with E-state index < -0.39 is 5.91 Å². The van der Waals surface area contributed by atoms with Crippen LogP contribution < -0.4 is 10.9 Å². The zero-order valence-electron chi connectivity index (χ0n) is 14.0. The molecular formula is C18H18N4O3. The lowest BCUT2D eigenvalue weighted by Crippen LogP contribution is -2.28. The summed E-state index contributed by atoms with van der Waals surface area (Å²) in [5.41, 5.74) is 1.27. The Bertz CT molecular complexity index is 929. The van der Waals surface area contributed by atoms with Crippen LogP contribution in [0.25, 0.3) is 5.69 Å². The number of carbonyl (C=O) groups excluding carboxylic acids is 1. The van der Waals surface area contributed by atoms with Gasteiger partial charge in [0, 0.05) is 12.1 Å². The molecule has 0 aliphatic rings. The molecule has 3 aromatic rings. The van der Waals surface area contributed by atoms with E-state index in [0.29, 0.717) is 11.4 Å². The average Bonchev–Trinajstić information content (AvgIpc) is 3.10. The molecule has 0 saturated heterocycles. The summed E-state index contributed by atoms with van der Waals surface area (Å²) >= 11 is 0. The molecule has 0 atom stereocenters. The summed E-state index contributed by atoms with van der Waals surface area (Å²) in [5, 5.41) is 10.8. The summed E-state index contributed by atoms with van der Waals surface area (Å²) in [4.78, 5) is 24.3. The van der Waals surface area contributed by atoms with Crippen LogP contribution in [0.1, 0.15) is 41.7 Å². The van der Waals surface area contributed by atoms with Crippen LogP contribution in [0, 0.1) is 0 Å². The van der Waals surface area contributed by atoms with E-state index in [1.807, 2.05) is 26.0 Å². The van der Waals surface area contributed by atoms with Crippen molar-refractivity contribution in [2.24, 2.45) is 0 Å². The Morgan fingerprint density at radius 1 is 1.20 bits per heavy atom. The van der Waals surface area contributed by atoms with Crippen LogP contribution in [0.4, 0.5) is 0 Å². The van der Waals surface area contributed by atoms with E-state index >= 15 is 0 Å². The third kappa shape index (κ3) is 3.82. The zero-order chi connectivity index (χ0) is 17.8. The number of aromatic nitrogens is 3. The first kappa shape index (κ1) is 16.6. The summed E-state index contributed by atoms with van der Waals surface area (Å²) in [6.07, 6.45) is 0. The molecule has 7 nitrogen and oxygen atoms in total. The number of carbonyl (C=O) groups is 1. The van der Waals surface area contributed by atoms with Gasteiger partial charge in [0.2, 0.25) is 0 Å². The Morgan fingerprint density at radius 3 is 2.64 bits per heavy atom. The number of benzene rings is 1. The largest absolute Gasteiger partial charge is 0.359 e. The summed E-state index contributed by atoms with van der Waals surface area (Å²) in [6.45, 7) is 4.22. The first-order valence-corrected chi connectivity index (χ1v) is 7.94. The summed E-state index contributed by atoms with van der Waals surface area (Å²) < 4.78 is 6.38. The zero-order valence-corrected chi connectivity index (χ0v) is 14.0. The molecule has 3 rings (SSSR count). The number of nitrogens with zero attached hydrogens (tertiary/aromatic N) is 3. The predicted octanol–water partition coefficient (Wildman–Crippen LogP) is 2.27. The second-order valence-corrected chi connectivity index (χ2v) is 5.86. The van der Waals surface area contributed by atoms with Crippen molar-refractivity contribution >= 4 is 5.91 Å². The van der Waals surface area contributed by atoms with Crippen molar-refractivity contribution in [2.75, 3.05) is 0 Å². The molecule has 0 aliphatic heterocycles. The maximum absolute atomic E-state index is 12.3. The van der Waals surface area contributed by atoms with Gasteiger partial charge in [-0.05, 0) is 24.1 Å². The second kappa shape index (κ2) is 7.12. The summed E-state index contributed by atoms with van der Waals surface area (Å²) in [7, 11) is 0. The number of rotatable bonds is 5. The lowest BCUT2D eigenvalue weighted by Gasteiger charge is -2.07. The van der Waals surface area contributed by atoms with Crippen LogP contribution in [-0.2, 0) is 6.54 Å². The van der Waals surface area contributed by atoms with Gasteiger partial charge in [-0.3, -0.25) is 9.59 Å². The van der Waals surface area contributed by atoms with Crippen LogP contribution in [0.5, 0.6) is 0 Å². The molecule has 2 heterocycles. The van der Waals surface area contributed by atoms with Gasteiger partial charge in [0.1, 0.15) is 5.69 Å². The van der Waals surface area contributed by atoms with Crippen molar-refractivity contribution in [1.29, 1.82) is 0 Å². The monoisotopic (exact) mass is 338 g/mol. The second-order valence-electron chi connectivity index (χ2n) is 5.86. The molecule has 0 bridgehead atoms. The predicted molar refractivity (Wildman–Crippen MR) is 91.6 cm³/mol. The maximum atomic E-state index is 12.3. The molecule has 0 spiro atoms. The van der Waals surface area contributed by atoms with Gasteiger partial charge in [0.05, 0.1) is 17.9 Å². The number of nitrogens with one attached hydrogen (secondary N) is 1. The van der Waals surface area contributed by atoms with Crippen molar-refractivity contribution in [3.8, 4) is 5.69 Å². The van der Waals surface area contributed by atoms with E-state index in [1.54, 1.807) is 24.3 Å². The van der Waals surface area contributed by atoms with E-state index in [1.165, 1.54) is 16.8 Å². The highest BCUT2D eigenvalue weighted by Crippen LogP contribution is 2.13. The highest BCUT2D eigenvalue weighted by molar-refractivity contribution is 5.91. The van der Waals surface area contributed by atoms with Gasteiger partial charge in [-0.15, -0.1) is 0 Å². The van der Waals surface area contributed by atoms with Crippen LogP contribution >= 0.6 is 0 Å². The van der Waals surface area contributed by atoms with E-state index in [0.717, 1.165) is 5.69 Å². The smallest absolute Gasteiger partial charge is 0.272 e. The standard InChI is InChI=1S/C18H18N4O3/c1-12(2)16-10-14(25-21-16)11-19-18(24)15-8-9-17(23)22(20-15)13-6-4-3-5-7-13/h3-10,12H,11H2,1-2H3,(H,19,24). The van der Waals surface area contributed by atoms with Crippen molar-refractivity contribution in [2.45, 2.75) is 26.3 Å². The van der Waals surface area contributed by atoms with Crippen LogP contribution in [0.15, 0.2) is 57.8 Å². The van der Waals surface area contributed by atoms with Crippen molar-refractivity contribution in [3.05, 3.63) is 76.0 Å². The fourth-order valence-corrected chi connectivity index (χ4v) is 2.23. The molecule has 7 heteroatoms. The molecule has 1 aromatic carbocycles. The van der Waals surface area contributed by atoms with Crippen molar-refractivity contribution in [1.82, 2.24) is 20.3 Å². The minimum absolute atomic E-state index is 0.145. The minimum Gasteiger partial charge on any atom is -0.359 e. The number of hydrogen-bond acceptors (Lipinski definition) is 5. The summed E-state index contributed by atoms with van der Waals surface area (Å²) in [5.74, 6) is 0.421. The summed E-state index contributed by atoms with van der Waals surface area (Å²) in [6, 6.07) is 13.5. The molecule has 1 amide bonds. The van der Waals surface area contributed by atoms with Gasteiger partial charge in [0.25, 0.3) is 11.5 Å². The topological polar surface area (TPSA) is 90.0 Å². The fourth-order valence-electron chi connectivity index (χ4n) is 2.23. The molecule has 25 heavy (non-hydrogen) atoms. The van der Waals surface area contributed by atoms with Gasteiger partial charge in [0.15, 0.2) is 5.76 Å². The Labute approximate surface area is 144 Å². The van der Waals surface area contributed by atoms with Crippen LogP contribution in [0.3, 0.4) is 0 Å². The fraction of sp³-hybridized carbons (Fsp3) is 0.222. The highest BCUT2D eigenvalue weighted by Gasteiger charge is 2.13. The Morgan fingerprint density at radius 2 is 1.96 bits per heavy atom. The molecule has 0 unspecified atom stereocenters. The van der Waals surface area contributed by atoms with Gasteiger partial charge < -0.3 is 9.84 Å². The molecule has 128 valence electrons. The minimum atomic E-state index is -0.396. The van der Waals surface area contributed by atoms with E-state index in [4.69, 9.17) is 4.52 Å². The normalized spacial score (nSPS) is 10.8. The van der Waals surface area contributed by atoms with Gasteiger partial charge in [-0.25, -0.2) is 0 Å². The Balaban J connectivity index is 1.75. The highest BCUT2D eigenvalue weighted by atomic mass is 16.5. The Hall–Kier alpha value is -3.22. The number of amides is 1. The number of para-hydroxylation sites is 1. The molecule has 0 aliphatic carbocycles. The molecule has 0 saturated carbocycles. The lowest BCUT2D eigenvalue weighted by atomic mass is 10.1. The van der Waals surface area contributed by atoms with Gasteiger partial charge in [-0.2, -0.15) is 9.78 Å². The van der Waals surface area contributed by atoms with Crippen LogP contribution in [-0.4, -0.2) is 20.8 Å². The molecule has 0 fully saturated rings. The Kier molecular flexibility index (Phi) is 4.74. The quantitative estimate of drug-likeness (QED) is 0.771. The average molecular weight is 338 g/mol.